The molecular weight excluding hydrogens is 302 g/mol. The maximum atomic E-state index is 12.2. The third-order valence-corrected chi connectivity index (χ3v) is 4.58. The number of carboxylic acids is 1. The molecule has 5 nitrogen and oxygen atoms in total. The summed E-state index contributed by atoms with van der Waals surface area (Å²) in [7, 11) is -3.43. The van der Waals surface area contributed by atoms with Gasteiger partial charge in [0, 0.05) is 0 Å². The molecule has 2 aromatic carbocycles. The summed E-state index contributed by atoms with van der Waals surface area (Å²) in [5.74, 6) is -1.48. The number of nitriles is 1. The van der Waals surface area contributed by atoms with E-state index in [9.17, 15) is 13.2 Å². The standard InChI is InChI=1S/C16H13NO4S/c17-9-12-4-6-13(7-5-12)10-22(20,21)11-14-2-1-3-15(8-14)16(18)19/h1-8H,10-11H2,(H,18,19). The van der Waals surface area contributed by atoms with Crippen molar-refractivity contribution in [3.63, 3.8) is 0 Å². The minimum atomic E-state index is -3.43. The molecule has 0 aromatic heterocycles. The van der Waals surface area contributed by atoms with Gasteiger partial charge < -0.3 is 5.11 Å². The Hall–Kier alpha value is -2.65. The van der Waals surface area contributed by atoms with Crippen molar-refractivity contribution in [1.29, 1.82) is 5.26 Å². The fourth-order valence-electron chi connectivity index (χ4n) is 2.03. The second-order valence-corrected chi connectivity index (χ2v) is 6.91. The summed E-state index contributed by atoms with van der Waals surface area (Å²) >= 11 is 0. The van der Waals surface area contributed by atoms with Crippen LogP contribution in [0.3, 0.4) is 0 Å². The predicted octanol–water partition coefficient (Wildman–Crippen LogP) is 2.37. The average Bonchev–Trinajstić information content (AvgIpc) is 2.47. The van der Waals surface area contributed by atoms with Crippen LogP contribution in [0.1, 0.15) is 27.0 Å². The molecule has 0 amide bonds. The van der Waals surface area contributed by atoms with Crippen LogP contribution in [0.4, 0.5) is 0 Å². The summed E-state index contributed by atoms with van der Waals surface area (Å²) < 4.78 is 24.4. The Kier molecular flexibility index (Phi) is 4.59. The lowest BCUT2D eigenvalue weighted by Crippen LogP contribution is -2.08. The van der Waals surface area contributed by atoms with E-state index in [1.54, 1.807) is 30.3 Å². The molecule has 22 heavy (non-hydrogen) atoms. The zero-order chi connectivity index (χ0) is 16.2. The molecule has 112 valence electrons. The zero-order valence-electron chi connectivity index (χ0n) is 11.6. The number of carbonyl (C=O) groups is 1. The molecule has 0 atom stereocenters. The number of carboxylic acid groups (broad SMARTS) is 1. The van der Waals surface area contributed by atoms with E-state index in [4.69, 9.17) is 10.4 Å². The minimum Gasteiger partial charge on any atom is -0.478 e. The molecule has 0 unspecified atom stereocenters. The van der Waals surface area contributed by atoms with Crippen LogP contribution in [0, 0.1) is 11.3 Å². The van der Waals surface area contributed by atoms with Crippen LogP contribution in [0.25, 0.3) is 0 Å². The van der Waals surface area contributed by atoms with Gasteiger partial charge in [0.2, 0.25) is 0 Å². The third-order valence-electron chi connectivity index (χ3n) is 3.03. The third kappa shape index (κ3) is 4.17. The van der Waals surface area contributed by atoms with Crippen molar-refractivity contribution in [2.75, 3.05) is 0 Å². The molecule has 0 bridgehead atoms. The molecule has 0 heterocycles. The number of benzene rings is 2. The van der Waals surface area contributed by atoms with E-state index in [2.05, 4.69) is 0 Å². The van der Waals surface area contributed by atoms with Crippen LogP contribution in [-0.2, 0) is 21.3 Å². The van der Waals surface area contributed by atoms with Crippen molar-refractivity contribution < 1.29 is 18.3 Å². The first-order valence-electron chi connectivity index (χ1n) is 6.41. The highest BCUT2D eigenvalue weighted by molar-refractivity contribution is 7.89. The number of hydrogen-bond acceptors (Lipinski definition) is 4. The highest BCUT2D eigenvalue weighted by Gasteiger charge is 2.14. The van der Waals surface area contributed by atoms with Crippen LogP contribution < -0.4 is 0 Å². The first-order chi connectivity index (χ1) is 10.4. The maximum Gasteiger partial charge on any atom is 0.335 e. The lowest BCUT2D eigenvalue weighted by atomic mass is 10.1. The topological polar surface area (TPSA) is 95.2 Å². The number of nitrogens with zero attached hydrogens (tertiary/aromatic N) is 1. The molecule has 0 saturated carbocycles. The van der Waals surface area contributed by atoms with E-state index in [1.165, 1.54) is 18.2 Å². The van der Waals surface area contributed by atoms with Gasteiger partial charge in [-0.3, -0.25) is 0 Å². The highest BCUT2D eigenvalue weighted by atomic mass is 32.2. The fraction of sp³-hybridized carbons (Fsp3) is 0.125. The normalized spacial score (nSPS) is 10.9. The van der Waals surface area contributed by atoms with Crippen molar-refractivity contribution in [2.45, 2.75) is 11.5 Å². The largest absolute Gasteiger partial charge is 0.478 e. The smallest absolute Gasteiger partial charge is 0.335 e. The van der Waals surface area contributed by atoms with Crippen molar-refractivity contribution in [3.05, 3.63) is 70.8 Å². The Morgan fingerprint density at radius 2 is 1.68 bits per heavy atom. The van der Waals surface area contributed by atoms with Gasteiger partial charge in [-0.1, -0.05) is 24.3 Å². The molecule has 2 rings (SSSR count). The van der Waals surface area contributed by atoms with Gasteiger partial charge in [0.15, 0.2) is 9.84 Å². The summed E-state index contributed by atoms with van der Waals surface area (Å²) in [6, 6.07) is 14.2. The van der Waals surface area contributed by atoms with E-state index in [1.807, 2.05) is 6.07 Å². The lowest BCUT2D eigenvalue weighted by molar-refractivity contribution is 0.0696. The SMILES string of the molecule is N#Cc1ccc(CS(=O)(=O)Cc2cccc(C(=O)O)c2)cc1. The lowest BCUT2D eigenvalue weighted by Gasteiger charge is -2.06. The van der Waals surface area contributed by atoms with Crippen LogP contribution in [0.2, 0.25) is 0 Å². The predicted molar refractivity (Wildman–Crippen MR) is 80.9 cm³/mol. The van der Waals surface area contributed by atoms with Crippen LogP contribution in [0.5, 0.6) is 0 Å². The van der Waals surface area contributed by atoms with Gasteiger partial charge in [0.1, 0.15) is 0 Å². The highest BCUT2D eigenvalue weighted by Crippen LogP contribution is 2.14. The first kappa shape index (κ1) is 15.7. The van der Waals surface area contributed by atoms with Gasteiger partial charge >= 0.3 is 5.97 Å². The quantitative estimate of drug-likeness (QED) is 0.914. The Balaban J connectivity index is 2.15. The van der Waals surface area contributed by atoms with E-state index in [-0.39, 0.29) is 17.1 Å². The van der Waals surface area contributed by atoms with E-state index < -0.39 is 15.8 Å². The Labute approximate surface area is 128 Å². The monoisotopic (exact) mass is 315 g/mol. The molecule has 2 aromatic rings. The minimum absolute atomic E-state index is 0.0612. The van der Waals surface area contributed by atoms with Crippen molar-refractivity contribution in [3.8, 4) is 6.07 Å². The average molecular weight is 315 g/mol. The molecule has 0 saturated heterocycles. The molecule has 0 aliphatic rings. The molecule has 0 aliphatic heterocycles. The maximum absolute atomic E-state index is 12.2. The van der Waals surface area contributed by atoms with Gasteiger partial charge in [-0.05, 0) is 35.4 Å². The number of rotatable bonds is 5. The van der Waals surface area contributed by atoms with E-state index in [0.717, 1.165) is 0 Å². The van der Waals surface area contributed by atoms with Crippen molar-refractivity contribution in [2.24, 2.45) is 0 Å². The van der Waals surface area contributed by atoms with Gasteiger partial charge in [-0.2, -0.15) is 5.26 Å². The molecule has 0 fully saturated rings. The van der Waals surface area contributed by atoms with Gasteiger partial charge in [0.25, 0.3) is 0 Å². The Bertz CT molecular complexity index is 833. The van der Waals surface area contributed by atoms with Gasteiger partial charge in [0.05, 0.1) is 28.7 Å². The summed E-state index contributed by atoms with van der Waals surface area (Å²) in [4.78, 5) is 10.9. The van der Waals surface area contributed by atoms with Gasteiger partial charge in [-0.25, -0.2) is 13.2 Å². The molecule has 1 N–H and O–H groups in total. The summed E-state index contributed by atoms with van der Waals surface area (Å²) in [6.45, 7) is 0. The number of aromatic carboxylic acids is 1. The zero-order valence-corrected chi connectivity index (χ0v) is 12.4. The van der Waals surface area contributed by atoms with E-state index in [0.29, 0.717) is 16.7 Å². The number of sulfone groups is 1. The molecule has 6 heteroatoms. The fourth-order valence-corrected chi connectivity index (χ4v) is 3.52. The molecule has 0 aliphatic carbocycles. The van der Waals surface area contributed by atoms with E-state index >= 15 is 0 Å². The second-order valence-electron chi connectivity index (χ2n) is 4.85. The van der Waals surface area contributed by atoms with Crippen LogP contribution in [0.15, 0.2) is 48.5 Å². The Morgan fingerprint density at radius 3 is 2.27 bits per heavy atom. The molecule has 0 radical (unpaired) electrons. The number of hydrogen-bond donors (Lipinski definition) is 1. The summed E-state index contributed by atoms with van der Waals surface area (Å²) in [5.41, 5.74) is 1.56. The second kappa shape index (κ2) is 6.41. The van der Waals surface area contributed by atoms with Crippen molar-refractivity contribution >= 4 is 15.8 Å². The van der Waals surface area contributed by atoms with Crippen LogP contribution in [-0.4, -0.2) is 19.5 Å². The van der Waals surface area contributed by atoms with Gasteiger partial charge in [-0.15, -0.1) is 0 Å². The molecular formula is C16H13NO4S. The first-order valence-corrected chi connectivity index (χ1v) is 8.23. The van der Waals surface area contributed by atoms with Crippen LogP contribution >= 0.6 is 0 Å². The Morgan fingerprint density at radius 1 is 1.05 bits per heavy atom. The summed E-state index contributed by atoms with van der Waals surface area (Å²) in [5, 5.41) is 17.6. The molecule has 0 spiro atoms. The summed E-state index contributed by atoms with van der Waals surface area (Å²) in [6.07, 6.45) is 0. The van der Waals surface area contributed by atoms with Crippen molar-refractivity contribution in [1.82, 2.24) is 0 Å².